The quantitative estimate of drug-likeness (QED) is 0.194. The predicted molar refractivity (Wildman–Crippen MR) is 106 cm³/mol. The van der Waals surface area contributed by atoms with Crippen LogP contribution in [0.4, 0.5) is 0 Å². The highest BCUT2D eigenvalue weighted by molar-refractivity contribution is 8.01. The molecule has 4 N–H and O–H groups in total. The lowest BCUT2D eigenvalue weighted by atomic mass is 9.89. The summed E-state index contributed by atoms with van der Waals surface area (Å²) in [4.78, 5) is 25.7. The Morgan fingerprint density at radius 1 is 1.43 bits per heavy atom. The lowest BCUT2D eigenvalue weighted by Crippen LogP contribution is -2.66. The van der Waals surface area contributed by atoms with Crippen LogP contribution < -0.4 is 5.32 Å². The predicted octanol–water partition coefficient (Wildman–Crippen LogP) is 0.335. The second kappa shape index (κ2) is 10.6. The molecule has 1 aromatic carbocycles. The van der Waals surface area contributed by atoms with Gasteiger partial charge in [-0.05, 0) is 17.7 Å². The third-order valence-corrected chi connectivity index (χ3v) is 5.79. The van der Waals surface area contributed by atoms with Gasteiger partial charge in [-0.1, -0.05) is 35.1 Å². The van der Waals surface area contributed by atoms with Crippen LogP contribution in [0.1, 0.15) is 13.3 Å². The number of ether oxygens (including phenoxy) is 2. The Morgan fingerprint density at radius 2 is 2.10 bits per heavy atom. The Kier molecular flexibility index (Phi) is 8.47. The van der Waals surface area contributed by atoms with Gasteiger partial charge in [-0.15, -0.1) is 0 Å². The molecular weight excluding hydrogens is 416 g/mol. The van der Waals surface area contributed by atoms with Crippen molar-refractivity contribution in [2.24, 2.45) is 5.11 Å². The molecule has 0 aliphatic carbocycles. The number of hydrogen-bond acceptors (Lipinski definition) is 9. The third-order valence-electron chi connectivity index (χ3n) is 4.53. The van der Waals surface area contributed by atoms with Crippen molar-refractivity contribution in [2.45, 2.75) is 53.6 Å². The Hall–Kier alpha value is -2.34. The van der Waals surface area contributed by atoms with Crippen molar-refractivity contribution in [3.05, 3.63) is 40.8 Å². The summed E-state index contributed by atoms with van der Waals surface area (Å²) < 4.78 is 10.8. The maximum atomic E-state index is 12.7. The number of esters is 1. The minimum Gasteiger partial charge on any atom is -0.466 e. The molecule has 12 heteroatoms. The van der Waals surface area contributed by atoms with Crippen LogP contribution >= 0.6 is 11.8 Å². The van der Waals surface area contributed by atoms with Gasteiger partial charge in [0, 0.05) is 23.2 Å². The Morgan fingerprint density at radius 3 is 2.67 bits per heavy atom. The fourth-order valence-electron chi connectivity index (χ4n) is 3.18. The van der Waals surface area contributed by atoms with Crippen LogP contribution in [0.2, 0.25) is 0 Å². The molecular formula is C18H24N4O7S. The first-order valence-electron chi connectivity index (χ1n) is 9.06. The molecule has 1 aliphatic heterocycles. The zero-order valence-electron chi connectivity index (χ0n) is 16.4. The van der Waals surface area contributed by atoms with Gasteiger partial charge in [0.25, 0.3) is 0 Å². The summed E-state index contributed by atoms with van der Waals surface area (Å²) in [6.45, 7) is 0.741. The summed E-state index contributed by atoms with van der Waals surface area (Å²) in [7, 11) is 1.16. The molecule has 1 fully saturated rings. The number of carbonyl (C=O) groups excluding carboxylic acids is 2. The lowest BCUT2D eigenvalue weighted by Gasteiger charge is -2.47. The maximum Gasteiger partial charge on any atom is 0.349 e. The molecule has 1 heterocycles. The number of azide groups is 1. The van der Waals surface area contributed by atoms with E-state index in [4.69, 9.17) is 15.0 Å². The van der Waals surface area contributed by atoms with Crippen LogP contribution in [0.25, 0.3) is 10.4 Å². The van der Waals surface area contributed by atoms with E-state index in [1.165, 1.54) is 6.92 Å². The first kappa shape index (κ1) is 23.9. The molecule has 1 amide bonds. The number of thioether (sulfide) groups is 1. The molecule has 0 saturated carbocycles. The zero-order valence-corrected chi connectivity index (χ0v) is 17.2. The van der Waals surface area contributed by atoms with Gasteiger partial charge >= 0.3 is 5.97 Å². The second-order valence-electron chi connectivity index (χ2n) is 6.71. The molecule has 0 radical (unpaired) electrons. The number of nitrogens with zero attached hydrogens (tertiary/aromatic N) is 3. The molecule has 1 aromatic rings. The van der Waals surface area contributed by atoms with Gasteiger partial charge in [-0.3, -0.25) is 4.79 Å². The summed E-state index contributed by atoms with van der Waals surface area (Å²) in [6.07, 6.45) is -6.23. The first-order chi connectivity index (χ1) is 14.2. The lowest BCUT2D eigenvalue weighted by molar-refractivity contribution is -0.204. The molecule has 0 spiro atoms. The van der Waals surface area contributed by atoms with Crippen LogP contribution in [0.15, 0.2) is 40.3 Å². The third kappa shape index (κ3) is 5.63. The highest BCUT2D eigenvalue weighted by Crippen LogP contribution is 2.44. The maximum absolute atomic E-state index is 12.7. The van der Waals surface area contributed by atoms with E-state index in [1.807, 2.05) is 0 Å². The van der Waals surface area contributed by atoms with Crippen molar-refractivity contribution in [3.8, 4) is 0 Å². The Labute approximate surface area is 177 Å². The monoisotopic (exact) mass is 440 g/mol. The number of benzene rings is 1. The first-order valence-corrected chi connectivity index (χ1v) is 9.88. The Balaban J connectivity index is 2.43. The summed E-state index contributed by atoms with van der Waals surface area (Å²) in [5.41, 5.74) is 8.44. The van der Waals surface area contributed by atoms with Crippen molar-refractivity contribution in [3.63, 3.8) is 0 Å². The van der Waals surface area contributed by atoms with Crippen molar-refractivity contribution in [1.29, 1.82) is 0 Å². The molecule has 0 aromatic heterocycles. The second-order valence-corrected chi connectivity index (χ2v) is 8.05. The number of nitrogens with one attached hydrogen (secondary N) is 1. The van der Waals surface area contributed by atoms with Gasteiger partial charge in [0.1, 0.15) is 12.2 Å². The van der Waals surface area contributed by atoms with Crippen molar-refractivity contribution < 1.29 is 34.4 Å². The standard InChI is InChI=1S/C18H24N4O7S/c1-10(23)21-14-12(24)8-18(17(27)28-2,30-11-6-4-3-5-7-11)29-16(14)15(26)13(25)9-20-22-19/h3-7,12-16,24-26H,8-9H2,1-2H3,(H,21,23)/t12-,13-,14-,15-,16?,18-/m1/s1. The fraction of sp³-hybridized carbons (Fsp3) is 0.556. The number of rotatable bonds is 8. The molecule has 11 nitrogen and oxygen atoms in total. The van der Waals surface area contributed by atoms with Crippen LogP contribution in [-0.2, 0) is 19.1 Å². The normalized spacial score (nSPS) is 28.0. The highest BCUT2D eigenvalue weighted by atomic mass is 32.2. The molecule has 30 heavy (non-hydrogen) atoms. The number of aliphatic hydroxyl groups is 3. The van der Waals surface area contributed by atoms with Crippen molar-refractivity contribution >= 4 is 23.6 Å². The average molecular weight is 440 g/mol. The number of hydrogen-bond donors (Lipinski definition) is 4. The minimum absolute atomic E-state index is 0.250. The molecule has 164 valence electrons. The van der Waals surface area contributed by atoms with Crippen LogP contribution in [0.3, 0.4) is 0 Å². The van der Waals surface area contributed by atoms with Crippen molar-refractivity contribution in [1.82, 2.24) is 5.32 Å². The number of amides is 1. The average Bonchev–Trinajstić information content (AvgIpc) is 2.73. The zero-order chi connectivity index (χ0) is 22.3. The van der Waals surface area contributed by atoms with Gasteiger partial charge in [0.15, 0.2) is 0 Å². The van der Waals surface area contributed by atoms with E-state index in [0.717, 1.165) is 18.9 Å². The van der Waals surface area contributed by atoms with E-state index < -0.39 is 53.8 Å². The van der Waals surface area contributed by atoms with E-state index in [2.05, 4.69) is 15.3 Å². The SMILES string of the molecule is COC(=O)[C@]1(Sc2ccccc2)C[C@@H](O)[C@@H](NC(C)=O)C([C@H](O)[C@H](O)CN=[N+]=[N-])O1. The van der Waals surface area contributed by atoms with Crippen LogP contribution in [0.5, 0.6) is 0 Å². The van der Waals surface area contributed by atoms with Gasteiger partial charge in [0.2, 0.25) is 10.8 Å². The Bertz CT molecular complexity index is 792. The van der Waals surface area contributed by atoms with E-state index in [1.54, 1.807) is 30.3 Å². The van der Waals surface area contributed by atoms with E-state index in [-0.39, 0.29) is 6.42 Å². The van der Waals surface area contributed by atoms with Crippen LogP contribution in [0, 0.1) is 0 Å². The topological polar surface area (TPSA) is 174 Å². The summed E-state index contributed by atoms with van der Waals surface area (Å²) in [6, 6.07) is 7.62. The molecule has 0 bridgehead atoms. The van der Waals surface area contributed by atoms with Crippen molar-refractivity contribution in [2.75, 3.05) is 13.7 Å². The van der Waals surface area contributed by atoms with Gasteiger partial charge < -0.3 is 30.1 Å². The minimum atomic E-state index is -1.76. The summed E-state index contributed by atoms with van der Waals surface area (Å²) >= 11 is 0.976. The van der Waals surface area contributed by atoms with E-state index in [0.29, 0.717) is 4.90 Å². The molecule has 1 saturated heterocycles. The van der Waals surface area contributed by atoms with Gasteiger partial charge in [-0.25, -0.2) is 4.79 Å². The summed E-state index contributed by atoms with van der Waals surface area (Å²) in [5, 5.41) is 37.3. The van der Waals surface area contributed by atoms with E-state index >= 15 is 0 Å². The van der Waals surface area contributed by atoms with Gasteiger partial charge in [-0.2, -0.15) is 0 Å². The van der Waals surface area contributed by atoms with Crippen LogP contribution in [-0.4, -0.2) is 76.2 Å². The largest absolute Gasteiger partial charge is 0.466 e. The molecule has 2 rings (SSSR count). The highest BCUT2D eigenvalue weighted by Gasteiger charge is 2.55. The number of carbonyl (C=O) groups is 2. The number of aliphatic hydroxyl groups excluding tert-OH is 3. The smallest absolute Gasteiger partial charge is 0.349 e. The van der Waals surface area contributed by atoms with E-state index in [9.17, 15) is 24.9 Å². The summed E-state index contributed by atoms with van der Waals surface area (Å²) in [5.74, 6) is -1.32. The van der Waals surface area contributed by atoms with Gasteiger partial charge in [0.05, 0.1) is 31.9 Å². The number of methoxy groups -OCH3 is 1. The molecule has 1 unspecified atom stereocenters. The molecule has 1 aliphatic rings. The molecule has 6 atom stereocenters. The fourth-order valence-corrected chi connectivity index (χ4v) is 4.43.